The summed E-state index contributed by atoms with van der Waals surface area (Å²) in [5, 5.41) is 10.7. The van der Waals surface area contributed by atoms with Crippen LogP contribution in [0, 0.1) is 21.7 Å². The number of piperazine rings is 1. The normalized spacial score (nSPS) is 14.1. The topological polar surface area (TPSA) is 75.9 Å². The van der Waals surface area contributed by atoms with Crippen molar-refractivity contribution in [1.29, 1.82) is 0 Å². The summed E-state index contributed by atoms with van der Waals surface area (Å²) in [5.41, 5.74) is -0.0294. The van der Waals surface area contributed by atoms with E-state index in [0.29, 0.717) is 31.9 Å². The number of halogens is 2. The van der Waals surface area contributed by atoms with E-state index >= 15 is 0 Å². The van der Waals surface area contributed by atoms with E-state index in [1.807, 2.05) is 0 Å². The van der Waals surface area contributed by atoms with Crippen molar-refractivity contribution in [3.05, 3.63) is 64.2 Å². The van der Waals surface area contributed by atoms with Gasteiger partial charge in [-0.3, -0.25) is 14.9 Å². The number of non-ortho nitro benzene ring substituents is 1. The van der Waals surface area contributed by atoms with Gasteiger partial charge < -0.3 is 14.5 Å². The molecule has 0 bridgehead atoms. The van der Waals surface area contributed by atoms with E-state index in [2.05, 4.69) is 0 Å². The lowest BCUT2D eigenvalue weighted by Crippen LogP contribution is -2.50. The summed E-state index contributed by atoms with van der Waals surface area (Å²) in [6.45, 7) is 1.38. The molecule has 2 aromatic carbocycles. The molecule has 0 N–H and O–H groups in total. The largest absolute Gasteiger partial charge is 0.484 e. The Morgan fingerprint density at radius 2 is 1.74 bits per heavy atom. The first-order valence-electron chi connectivity index (χ1n) is 8.29. The smallest absolute Gasteiger partial charge is 0.272 e. The Labute approximate surface area is 153 Å². The Hall–Kier alpha value is -3.23. The SMILES string of the molecule is O=C(COc1ccc(F)cc1)N1CCN(c2ccc([N+](=O)[O-])cc2F)CC1. The van der Waals surface area contributed by atoms with E-state index in [-0.39, 0.29) is 29.7 Å². The Morgan fingerprint density at radius 3 is 2.33 bits per heavy atom. The van der Waals surface area contributed by atoms with Crippen molar-refractivity contribution in [3.8, 4) is 5.75 Å². The minimum atomic E-state index is -0.663. The maximum Gasteiger partial charge on any atom is 0.272 e. The molecule has 7 nitrogen and oxygen atoms in total. The Morgan fingerprint density at radius 1 is 1.07 bits per heavy atom. The number of rotatable bonds is 5. The Kier molecular flexibility index (Phi) is 5.49. The number of nitro groups is 1. The van der Waals surface area contributed by atoms with Crippen molar-refractivity contribution in [2.75, 3.05) is 37.7 Å². The van der Waals surface area contributed by atoms with E-state index in [0.717, 1.165) is 6.07 Å². The molecule has 0 atom stereocenters. The zero-order valence-corrected chi connectivity index (χ0v) is 14.3. The van der Waals surface area contributed by atoms with Crippen LogP contribution in [0.3, 0.4) is 0 Å². The predicted octanol–water partition coefficient (Wildman–Crippen LogP) is 2.60. The van der Waals surface area contributed by atoms with Crippen LogP contribution in [-0.4, -0.2) is 48.5 Å². The predicted molar refractivity (Wildman–Crippen MR) is 93.7 cm³/mol. The molecule has 0 spiro atoms. The van der Waals surface area contributed by atoms with Crippen LogP contribution in [0.1, 0.15) is 0 Å². The molecular weight excluding hydrogens is 360 g/mol. The van der Waals surface area contributed by atoms with Crippen LogP contribution in [-0.2, 0) is 4.79 Å². The summed E-state index contributed by atoms with van der Waals surface area (Å²) < 4.78 is 32.3. The molecule has 0 aromatic heterocycles. The number of anilines is 1. The van der Waals surface area contributed by atoms with Gasteiger partial charge in [0.1, 0.15) is 11.6 Å². The van der Waals surface area contributed by atoms with Gasteiger partial charge in [-0.05, 0) is 30.3 Å². The highest BCUT2D eigenvalue weighted by atomic mass is 19.1. The van der Waals surface area contributed by atoms with Gasteiger partial charge in [0.2, 0.25) is 0 Å². The molecule has 3 rings (SSSR count). The lowest BCUT2D eigenvalue weighted by Gasteiger charge is -2.36. The first-order valence-corrected chi connectivity index (χ1v) is 8.29. The van der Waals surface area contributed by atoms with Crippen molar-refractivity contribution in [2.45, 2.75) is 0 Å². The van der Waals surface area contributed by atoms with E-state index in [4.69, 9.17) is 4.74 Å². The van der Waals surface area contributed by atoms with Crippen molar-refractivity contribution in [3.63, 3.8) is 0 Å². The van der Waals surface area contributed by atoms with Gasteiger partial charge in [0.05, 0.1) is 16.7 Å². The van der Waals surface area contributed by atoms with Gasteiger partial charge in [-0.15, -0.1) is 0 Å². The monoisotopic (exact) mass is 377 g/mol. The number of benzene rings is 2. The van der Waals surface area contributed by atoms with E-state index in [1.54, 1.807) is 9.80 Å². The average molecular weight is 377 g/mol. The second-order valence-electron chi connectivity index (χ2n) is 6.00. The van der Waals surface area contributed by atoms with Crippen LogP contribution in [0.25, 0.3) is 0 Å². The van der Waals surface area contributed by atoms with Gasteiger partial charge in [0, 0.05) is 32.2 Å². The second kappa shape index (κ2) is 7.98. The number of ether oxygens (including phenoxy) is 1. The second-order valence-corrected chi connectivity index (χ2v) is 6.00. The molecular formula is C18H17F2N3O4. The zero-order valence-electron chi connectivity index (χ0n) is 14.3. The summed E-state index contributed by atoms with van der Waals surface area (Å²) >= 11 is 0. The molecule has 9 heteroatoms. The van der Waals surface area contributed by atoms with Crippen LogP contribution in [0.5, 0.6) is 5.75 Å². The van der Waals surface area contributed by atoms with E-state index in [9.17, 15) is 23.7 Å². The van der Waals surface area contributed by atoms with Crippen molar-refractivity contribution in [2.24, 2.45) is 0 Å². The maximum absolute atomic E-state index is 14.1. The molecule has 0 aliphatic carbocycles. The molecule has 0 unspecified atom stereocenters. The molecule has 0 radical (unpaired) electrons. The maximum atomic E-state index is 14.1. The fourth-order valence-corrected chi connectivity index (χ4v) is 2.83. The Balaban J connectivity index is 1.53. The Bertz CT molecular complexity index is 837. The van der Waals surface area contributed by atoms with Crippen LogP contribution in [0.2, 0.25) is 0 Å². The minimum Gasteiger partial charge on any atom is -0.484 e. The molecule has 0 saturated carbocycles. The fraction of sp³-hybridized carbons (Fsp3) is 0.278. The third kappa shape index (κ3) is 4.49. The fourth-order valence-electron chi connectivity index (χ4n) is 2.83. The zero-order chi connectivity index (χ0) is 19.4. The number of hydrogen-bond donors (Lipinski definition) is 0. The quantitative estimate of drug-likeness (QED) is 0.591. The van der Waals surface area contributed by atoms with E-state index in [1.165, 1.54) is 36.4 Å². The molecule has 1 saturated heterocycles. The summed E-state index contributed by atoms with van der Waals surface area (Å²) in [6.07, 6.45) is 0. The lowest BCUT2D eigenvalue weighted by molar-refractivity contribution is -0.385. The van der Waals surface area contributed by atoms with Gasteiger partial charge in [-0.25, -0.2) is 8.78 Å². The molecule has 1 aliphatic heterocycles. The molecule has 1 aliphatic rings. The van der Waals surface area contributed by atoms with Crippen LogP contribution in [0.15, 0.2) is 42.5 Å². The summed E-state index contributed by atoms with van der Waals surface area (Å²) in [4.78, 5) is 25.6. The highest BCUT2D eigenvalue weighted by molar-refractivity contribution is 5.78. The molecule has 1 fully saturated rings. The summed E-state index contributed by atoms with van der Waals surface area (Å²) in [7, 11) is 0. The molecule has 2 aromatic rings. The van der Waals surface area contributed by atoms with Crippen molar-refractivity contribution < 1.29 is 23.2 Å². The lowest BCUT2D eigenvalue weighted by atomic mass is 10.2. The highest BCUT2D eigenvalue weighted by Crippen LogP contribution is 2.25. The van der Waals surface area contributed by atoms with Gasteiger partial charge in [-0.2, -0.15) is 0 Å². The highest BCUT2D eigenvalue weighted by Gasteiger charge is 2.24. The van der Waals surface area contributed by atoms with Crippen LogP contribution < -0.4 is 9.64 Å². The van der Waals surface area contributed by atoms with E-state index < -0.39 is 10.7 Å². The third-order valence-electron chi connectivity index (χ3n) is 4.29. The number of hydrogen-bond acceptors (Lipinski definition) is 5. The first kappa shape index (κ1) is 18.6. The van der Waals surface area contributed by atoms with Gasteiger partial charge in [-0.1, -0.05) is 0 Å². The van der Waals surface area contributed by atoms with Crippen LogP contribution in [0.4, 0.5) is 20.2 Å². The molecule has 1 amide bonds. The standard InChI is InChI=1S/C18H17F2N3O4/c19-13-1-4-15(5-2-13)27-12-18(24)22-9-7-21(8-10-22)17-6-3-14(23(25)26)11-16(17)20/h1-6,11H,7-10,12H2. The van der Waals surface area contributed by atoms with Gasteiger partial charge in [0.25, 0.3) is 11.6 Å². The number of nitro benzene ring substituents is 1. The van der Waals surface area contributed by atoms with Gasteiger partial charge in [0.15, 0.2) is 12.4 Å². The summed E-state index contributed by atoms with van der Waals surface area (Å²) in [5.74, 6) is -0.869. The number of carbonyl (C=O) groups excluding carboxylic acids is 1. The van der Waals surface area contributed by atoms with Crippen molar-refractivity contribution >= 4 is 17.3 Å². The number of nitrogens with zero attached hydrogens (tertiary/aromatic N) is 3. The molecule has 142 valence electrons. The number of amides is 1. The van der Waals surface area contributed by atoms with Crippen LogP contribution >= 0.6 is 0 Å². The molecule has 1 heterocycles. The van der Waals surface area contributed by atoms with Gasteiger partial charge >= 0.3 is 0 Å². The first-order chi connectivity index (χ1) is 12.9. The average Bonchev–Trinajstić information content (AvgIpc) is 2.67. The number of carbonyl (C=O) groups is 1. The third-order valence-corrected chi connectivity index (χ3v) is 4.29. The summed E-state index contributed by atoms with van der Waals surface area (Å²) in [6, 6.07) is 8.91. The van der Waals surface area contributed by atoms with Crippen molar-refractivity contribution in [1.82, 2.24) is 4.90 Å². The molecule has 27 heavy (non-hydrogen) atoms. The minimum absolute atomic E-state index is 0.169.